The Balaban J connectivity index is 1.81. The van der Waals surface area contributed by atoms with E-state index in [4.69, 9.17) is 4.74 Å². The Morgan fingerprint density at radius 1 is 1.18 bits per heavy atom. The molecule has 0 aliphatic carbocycles. The van der Waals surface area contributed by atoms with Crippen LogP contribution in [0.25, 0.3) is 11.0 Å². The Morgan fingerprint density at radius 2 is 1.86 bits per heavy atom. The van der Waals surface area contributed by atoms with Gasteiger partial charge in [0.15, 0.2) is 5.16 Å². The molecule has 0 radical (unpaired) electrons. The van der Waals surface area contributed by atoms with Crippen LogP contribution in [0.3, 0.4) is 0 Å². The topological polar surface area (TPSA) is 64.4 Å². The molecule has 0 aliphatic heterocycles. The third kappa shape index (κ3) is 3.84. The average Bonchev–Trinajstić information content (AvgIpc) is 3.09. The van der Waals surface area contributed by atoms with Crippen LogP contribution in [0.4, 0.5) is 14.5 Å². The molecule has 0 saturated heterocycles. The number of rotatable bonds is 6. The Bertz CT molecular complexity index is 1020. The van der Waals surface area contributed by atoms with Crippen molar-refractivity contribution >= 4 is 40.4 Å². The number of aromatic nitrogens is 2. The summed E-state index contributed by atoms with van der Waals surface area (Å²) < 4.78 is 32.5. The van der Waals surface area contributed by atoms with Crippen molar-refractivity contribution in [3.05, 3.63) is 54.1 Å². The van der Waals surface area contributed by atoms with Crippen LogP contribution in [-0.4, -0.2) is 41.3 Å². The van der Waals surface area contributed by atoms with Gasteiger partial charge in [0, 0.05) is 7.05 Å². The molecule has 0 N–H and O–H groups in total. The molecule has 0 saturated carbocycles. The molecular weight excluding hydrogens is 388 g/mol. The van der Waals surface area contributed by atoms with E-state index in [0.717, 1.165) is 16.3 Å². The normalized spacial score (nSPS) is 11.0. The number of amides is 1. The molecule has 1 aromatic heterocycles. The highest BCUT2D eigenvalue weighted by Gasteiger charge is 2.22. The van der Waals surface area contributed by atoms with Crippen molar-refractivity contribution in [2.75, 3.05) is 24.8 Å². The van der Waals surface area contributed by atoms with Crippen LogP contribution in [0.1, 0.15) is 16.9 Å². The summed E-state index contributed by atoms with van der Waals surface area (Å²) in [5, 5.41) is 0.0548. The summed E-state index contributed by atoms with van der Waals surface area (Å²) in [6.45, 7) is -2.78. The van der Waals surface area contributed by atoms with Gasteiger partial charge in [-0.3, -0.25) is 9.36 Å². The van der Waals surface area contributed by atoms with E-state index in [1.807, 2.05) is 0 Å². The second-order valence-corrected chi connectivity index (χ2v) is 6.72. The average molecular weight is 405 g/mol. The molecule has 9 heteroatoms. The molecule has 0 bridgehead atoms. The lowest BCUT2D eigenvalue weighted by Crippen LogP contribution is -2.29. The molecule has 146 valence electrons. The summed E-state index contributed by atoms with van der Waals surface area (Å²) >= 11 is 0.917. The van der Waals surface area contributed by atoms with Crippen molar-refractivity contribution in [1.82, 2.24) is 9.55 Å². The van der Waals surface area contributed by atoms with E-state index in [1.54, 1.807) is 48.5 Å². The Kier molecular flexibility index (Phi) is 5.93. The number of alkyl halides is 2. The summed E-state index contributed by atoms with van der Waals surface area (Å²) in [5.74, 6) is -1.06. The maximum absolute atomic E-state index is 13.5. The number of fused-ring (bicyclic) bond motifs is 1. The first kappa shape index (κ1) is 19.8. The number of para-hydroxylation sites is 3. The Labute approximate surface area is 164 Å². The van der Waals surface area contributed by atoms with Crippen molar-refractivity contribution in [3.63, 3.8) is 0 Å². The van der Waals surface area contributed by atoms with Crippen LogP contribution < -0.4 is 4.90 Å². The molecule has 0 spiro atoms. The fraction of sp³-hybridized carbons (Fsp3) is 0.211. The van der Waals surface area contributed by atoms with E-state index >= 15 is 0 Å². The number of nitrogens with zero attached hydrogens (tertiary/aromatic N) is 3. The molecule has 1 heterocycles. The number of anilines is 1. The minimum atomic E-state index is -2.78. The van der Waals surface area contributed by atoms with Gasteiger partial charge in [-0.25, -0.2) is 9.78 Å². The van der Waals surface area contributed by atoms with E-state index < -0.39 is 12.5 Å². The zero-order valence-electron chi connectivity index (χ0n) is 15.1. The predicted molar refractivity (Wildman–Crippen MR) is 103 cm³/mol. The SMILES string of the molecule is COC(=O)c1ccccc1N(C)C(=O)CSc1nc2ccccc2n1C(F)F. The number of thioether (sulfide) groups is 1. The number of carbonyl (C=O) groups excluding carboxylic acids is 2. The van der Waals surface area contributed by atoms with Crippen molar-refractivity contribution in [1.29, 1.82) is 0 Å². The highest BCUT2D eigenvalue weighted by Crippen LogP contribution is 2.30. The lowest BCUT2D eigenvalue weighted by atomic mass is 10.1. The number of carbonyl (C=O) groups is 2. The van der Waals surface area contributed by atoms with Gasteiger partial charge in [-0.1, -0.05) is 36.0 Å². The highest BCUT2D eigenvalue weighted by atomic mass is 32.2. The van der Waals surface area contributed by atoms with Crippen LogP contribution in [0.2, 0.25) is 0 Å². The lowest BCUT2D eigenvalue weighted by molar-refractivity contribution is -0.115. The quantitative estimate of drug-likeness (QED) is 0.459. The molecule has 28 heavy (non-hydrogen) atoms. The number of hydrogen-bond acceptors (Lipinski definition) is 5. The number of hydrogen-bond donors (Lipinski definition) is 0. The molecular formula is C19H17F2N3O3S. The first-order valence-corrected chi connectivity index (χ1v) is 9.24. The van der Waals surface area contributed by atoms with Gasteiger partial charge < -0.3 is 9.64 Å². The van der Waals surface area contributed by atoms with E-state index in [1.165, 1.54) is 19.1 Å². The van der Waals surface area contributed by atoms with Gasteiger partial charge in [-0.2, -0.15) is 8.78 Å². The van der Waals surface area contributed by atoms with E-state index in [2.05, 4.69) is 4.98 Å². The van der Waals surface area contributed by atoms with Crippen LogP contribution in [0.15, 0.2) is 53.7 Å². The maximum atomic E-state index is 13.5. The first-order chi connectivity index (χ1) is 13.4. The number of ether oxygens (including phenoxy) is 1. The van der Waals surface area contributed by atoms with Crippen molar-refractivity contribution in [2.24, 2.45) is 0 Å². The number of esters is 1. The van der Waals surface area contributed by atoms with Crippen LogP contribution >= 0.6 is 11.8 Å². The molecule has 3 rings (SSSR count). The standard InChI is InChI=1S/C19H17F2N3O3S/c1-23(14-9-5-3-7-12(14)17(26)27-2)16(25)11-28-19-22-13-8-4-6-10-15(13)24(19)18(20)21/h3-10,18H,11H2,1-2H3. The second kappa shape index (κ2) is 8.39. The van der Waals surface area contributed by atoms with Gasteiger partial charge in [0.25, 0.3) is 0 Å². The molecule has 0 atom stereocenters. The zero-order valence-corrected chi connectivity index (χ0v) is 16.0. The molecule has 0 unspecified atom stereocenters. The van der Waals surface area contributed by atoms with Gasteiger partial charge in [0.2, 0.25) is 5.91 Å². The number of methoxy groups -OCH3 is 1. The van der Waals surface area contributed by atoms with E-state index in [-0.39, 0.29) is 22.4 Å². The molecule has 3 aromatic rings. The highest BCUT2D eigenvalue weighted by molar-refractivity contribution is 7.99. The van der Waals surface area contributed by atoms with Crippen LogP contribution in [0.5, 0.6) is 0 Å². The molecule has 0 fully saturated rings. The lowest BCUT2D eigenvalue weighted by Gasteiger charge is -2.19. The Hall–Kier alpha value is -2.94. The number of imidazole rings is 1. The monoisotopic (exact) mass is 405 g/mol. The van der Waals surface area contributed by atoms with Crippen molar-refractivity contribution < 1.29 is 23.1 Å². The summed E-state index contributed by atoms with van der Waals surface area (Å²) in [5.41, 5.74) is 1.35. The van der Waals surface area contributed by atoms with Crippen molar-refractivity contribution in [3.8, 4) is 0 Å². The summed E-state index contributed by atoms with van der Waals surface area (Å²) in [7, 11) is 2.77. The zero-order chi connectivity index (χ0) is 20.3. The Morgan fingerprint density at radius 3 is 2.57 bits per heavy atom. The predicted octanol–water partition coefficient (Wildman–Crippen LogP) is 3.97. The maximum Gasteiger partial charge on any atom is 0.339 e. The molecule has 0 aliphatic rings. The first-order valence-electron chi connectivity index (χ1n) is 8.26. The van der Waals surface area contributed by atoms with Crippen molar-refractivity contribution in [2.45, 2.75) is 11.7 Å². The van der Waals surface area contributed by atoms with Gasteiger partial charge in [-0.05, 0) is 24.3 Å². The third-order valence-corrected chi connectivity index (χ3v) is 5.07. The van der Waals surface area contributed by atoms with Gasteiger partial charge in [-0.15, -0.1) is 0 Å². The third-order valence-electron chi connectivity index (χ3n) is 4.13. The number of halogens is 2. The summed E-state index contributed by atoms with van der Waals surface area (Å²) in [6, 6.07) is 13.1. The molecule has 2 aromatic carbocycles. The fourth-order valence-corrected chi connectivity index (χ4v) is 3.65. The van der Waals surface area contributed by atoms with Gasteiger partial charge >= 0.3 is 12.5 Å². The summed E-state index contributed by atoms with van der Waals surface area (Å²) in [6.07, 6.45) is 0. The summed E-state index contributed by atoms with van der Waals surface area (Å²) in [4.78, 5) is 30.0. The van der Waals surface area contributed by atoms with Crippen LogP contribution in [0, 0.1) is 0 Å². The number of benzene rings is 2. The van der Waals surface area contributed by atoms with Gasteiger partial charge in [0.05, 0.1) is 35.1 Å². The van der Waals surface area contributed by atoms with E-state index in [0.29, 0.717) is 16.7 Å². The van der Waals surface area contributed by atoms with Gasteiger partial charge in [0.1, 0.15) is 0 Å². The molecule has 6 nitrogen and oxygen atoms in total. The minimum absolute atomic E-state index is 0.0548. The second-order valence-electron chi connectivity index (χ2n) is 5.78. The van der Waals surface area contributed by atoms with Crippen LogP contribution in [-0.2, 0) is 9.53 Å². The fourth-order valence-electron chi connectivity index (χ4n) is 2.72. The molecule has 1 amide bonds. The minimum Gasteiger partial charge on any atom is -0.465 e. The largest absolute Gasteiger partial charge is 0.465 e. The van der Waals surface area contributed by atoms with E-state index in [9.17, 15) is 18.4 Å². The smallest absolute Gasteiger partial charge is 0.339 e.